The van der Waals surface area contributed by atoms with Crippen molar-refractivity contribution < 1.29 is 26.9 Å². The van der Waals surface area contributed by atoms with Crippen LogP contribution in [-0.2, 0) is 26.6 Å². The van der Waals surface area contributed by atoms with Gasteiger partial charge >= 0.3 is 0 Å². The molecule has 0 aliphatic heterocycles. The molecule has 6 aromatic carbocycles. The normalized spacial score (nSPS) is 11.9. The minimum absolute atomic E-state index is 0.0163. The molecule has 0 saturated carbocycles. The van der Waals surface area contributed by atoms with Gasteiger partial charge in [-0.25, -0.2) is 44.9 Å². The van der Waals surface area contributed by atoms with Crippen molar-refractivity contribution in [3.05, 3.63) is 214 Å². The van der Waals surface area contributed by atoms with E-state index in [1.54, 1.807) is 12.1 Å². The lowest BCUT2D eigenvalue weighted by atomic mass is 9.82. The Hall–Kier alpha value is -9.63. The molecule has 6 aromatic heterocycles. The largest absolute Gasteiger partial charge is 0.249 e. The van der Waals surface area contributed by atoms with Crippen molar-refractivity contribution in [2.45, 2.75) is 172 Å². The summed E-state index contributed by atoms with van der Waals surface area (Å²) in [5.74, 6) is 5.99. The van der Waals surface area contributed by atoms with Gasteiger partial charge in [0.1, 0.15) is 56.1 Å². The van der Waals surface area contributed by atoms with Crippen molar-refractivity contribution in [3.63, 3.8) is 0 Å². The Morgan fingerprint density at radius 3 is 1.03 bits per heavy atom. The molecule has 12 nitrogen and oxygen atoms in total. The van der Waals surface area contributed by atoms with E-state index in [1.165, 1.54) is 17.0 Å². The Kier molecular flexibility index (Phi) is 20.9. The third-order valence-corrected chi connectivity index (χ3v) is 17.9. The average molecular weight is 1320 g/mol. The van der Waals surface area contributed by atoms with Gasteiger partial charge in [-0.3, -0.25) is 0 Å². The van der Waals surface area contributed by atoms with Crippen LogP contribution in [0.1, 0.15) is 202 Å². The minimum Gasteiger partial charge on any atom is -0.217 e. The molecule has 0 bridgehead atoms. The highest BCUT2D eigenvalue weighted by Crippen LogP contribution is 2.38. The second kappa shape index (κ2) is 28.8. The number of rotatable bonds is 12. The maximum Gasteiger partial charge on any atom is 0.249 e. The smallest absolute Gasteiger partial charge is 0.217 e. The summed E-state index contributed by atoms with van der Waals surface area (Å²) >= 11 is 0. The summed E-state index contributed by atoms with van der Waals surface area (Å²) in [6, 6.07) is 37.9. The summed E-state index contributed by atoms with van der Waals surface area (Å²) < 4.78 is 52.6. The van der Waals surface area contributed by atoms with Crippen LogP contribution < -0.4 is 13.7 Å². The van der Waals surface area contributed by atoms with Crippen LogP contribution in [0.5, 0.6) is 0 Å². The summed E-state index contributed by atoms with van der Waals surface area (Å²) in [4.78, 5) is 41.7. The first kappa shape index (κ1) is 71.2. The summed E-state index contributed by atoms with van der Waals surface area (Å²) in [6.07, 6.45) is 5.73. The topological polar surface area (TPSA) is 128 Å². The lowest BCUT2D eigenvalue weighted by Gasteiger charge is -2.22. The van der Waals surface area contributed by atoms with Gasteiger partial charge < -0.3 is 0 Å². The highest BCUT2D eigenvalue weighted by molar-refractivity contribution is 5.98. The Bertz CT molecular complexity index is 4860. The quantitative estimate of drug-likeness (QED) is 0.110. The molecule has 0 N–H and O–H groups in total. The first-order valence-corrected chi connectivity index (χ1v) is 34.2. The Labute approximate surface area is 576 Å². The maximum absolute atomic E-state index is 15.8. The van der Waals surface area contributed by atoms with Gasteiger partial charge in [0.05, 0.1) is 33.4 Å². The summed E-state index contributed by atoms with van der Waals surface area (Å²) in [5.41, 5.74) is 11.8. The second-order valence-corrected chi connectivity index (χ2v) is 29.0. The molecule has 12 rings (SSSR count). The Balaban J connectivity index is 0.000000160. The van der Waals surface area contributed by atoms with E-state index in [0.29, 0.717) is 51.2 Å². The minimum atomic E-state index is -0.295. The van der Waals surface area contributed by atoms with Gasteiger partial charge in [0, 0.05) is 35.5 Å². The van der Waals surface area contributed by atoms with Crippen molar-refractivity contribution in [1.29, 1.82) is 0 Å². The molecule has 0 atom stereocenters. The molecule has 0 saturated heterocycles. The molecule has 0 amide bonds. The van der Waals surface area contributed by atoms with Crippen molar-refractivity contribution in [3.8, 4) is 67.9 Å². The zero-order valence-electron chi connectivity index (χ0n) is 61.2. The van der Waals surface area contributed by atoms with Gasteiger partial charge in [-0.05, 0) is 124 Å². The number of hydrogen-bond acceptors (Lipinski definition) is 9. The number of aromatic nitrogens is 12. The molecule has 0 radical (unpaired) electrons. The standard InChI is InChI=1S/C30H36FN4.C27H30FN4.C26H28FN4/c1-17(2)27-32-28(18(3)4)34-29(33-27)21-14-25(31)26(35(9)16-21)22-15-23-20(13-19(22)5)11-10-12-24(23)30(6,7)8;1-15(2)25-29-26(16(3)4)31-27(30-25)20-13-22(28)24(32(7)14-20)23-18(6)17(5)12-19-10-8-9-11-21(19)23;1-15(2)24-28-25(16(3)4)30-26(29-24)20-13-22(27)23(31(6)14-20)21-12-19-10-8-7-9-18(19)11-17(21)5/h10-18H,1-9H3;8-16H,1-7H3;7-16H,1-6H3/q3*+1. The van der Waals surface area contributed by atoms with Gasteiger partial charge in [-0.2, -0.15) is 26.9 Å². The molecule has 0 aliphatic rings. The van der Waals surface area contributed by atoms with E-state index in [9.17, 15) is 0 Å². The van der Waals surface area contributed by atoms with E-state index in [1.807, 2.05) is 91.5 Å². The third-order valence-electron chi connectivity index (χ3n) is 17.9. The summed E-state index contributed by atoms with van der Waals surface area (Å²) in [5, 5.41) is 6.72. The monoisotopic (exact) mass is 1320 g/mol. The Morgan fingerprint density at radius 1 is 0.337 bits per heavy atom. The SMILES string of the molecule is Cc1cc2cccc(C(C)(C)C)c2cc1-c1c(F)cc(-c2nc(C(C)C)nc(C(C)C)n2)c[n+]1C.Cc1cc2ccccc2c(-c2c(F)cc(-c3nc(C(C)C)nc(C(C)C)n3)c[n+]2C)c1C.Cc1cc2ccccc2cc1-c1c(F)cc(-c2nc(C(C)C)nc(C(C)C)n2)c[n+]1C. The number of nitrogens with zero attached hydrogens (tertiary/aromatic N) is 12. The maximum atomic E-state index is 15.8. The van der Waals surface area contributed by atoms with E-state index in [0.717, 1.165) is 101 Å². The third kappa shape index (κ3) is 15.1. The number of halogens is 3. The van der Waals surface area contributed by atoms with Crippen molar-refractivity contribution in [2.75, 3.05) is 0 Å². The molecular formula is C83H94F3N12+3. The van der Waals surface area contributed by atoms with E-state index < -0.39 is 0 Å². The van der Waals surface area contributed by atoms with Crippen LogP contribution in [0.25, 0.3) is 100 Å². The highest BCUT2D eigenvalue weighted by atomic mass is 19.1. The first-order valence-electron chi connectivity index (χ1n) is 34.2. The van der Waals surface area contributed by atoms with E-state index in [2.05, 4.69) is 235 Å². The van der Waals surface area contributed by atoms with Gasteiger partial charge in [-0.15, -0.1) is 0 Å². The molecule has 0 aliphatic carbocycles. The lowest BCUT2D eigenvalue weighted by molar-refractivity contribution is -0.661. The summed E-state index contributed by atoms with van der Waals surface area (Å²) in [7, 11) is 5.63. The van der Waals surface area contributed by atoms with Crippen LogP contribution in [0.15, 0.2) is 134 Å². The first-order chi connectivity index (χ1) is 46.3. The van der Waals surface area contributed by atoms with Crippen molar-refractivity contribution in [1.82, 2.24) is 44.9 Å². The zero-order valence-corrected chi connectivity index (χ0v) is 61.2. The van der Waals surface area contributed by atoms with Crippen LogP contribution in [0, 0.1) is 45.1 Å². The molecular weight excluding hydrogens is 1220 g/mol. The number of benzene rings is 6. The zero-order chi connectivity index (χ0) is 71.1. The van der Waals surface area contributed by atoms with Crippen LogP contribution in [0.4, 0.5) is 13.2 Å². The van der Waals surface area contributed by atoms with Crippen molar-refractivity contribution in [2.24, 2.45) is 21.1 Å². The molecule has 0 unspecified atom stereocenters. The summed E-state index contributed by atoms with van der Waals surface area (Å²) in [6.45, 7) is 39.5. The molecule has 0 fully saturated rings. The fourth-order valence-corrected chi connectivity index (χ4v) is 12.4. The predicted octanol–water partition coefficient (Wildman–Crippen LogP) is 19.2. The van der Waals surface area contributed by atoms with E-state index in [4.69, 9.17) is 0 Å². The van der Waals surface area contributed by atoms with Gasteiger partial charge in [0.2, 0.25) is 17.1 Å². The molecule has 6 heterocycles. The molecule has 0 spiro atoms. The van der Waals surface area contributed by atoms with Gasteiger partial charge in [0.25, 0.3) is 0 Å². The van der Waals surface area contributed by atoms with Gasteiger partial charge in [0.15, 0.2) is 53.5 Å². The van der Waals surface area contributed by atoms with E-state index in [-0.39, 0.29) is 58.4 Å². The number of aryl methyl sites for hydroxylation is 6. The van der Waals surface area contributed by atoms with Crippen LogP contribution >= 0.6 is 0 Å². The molecule has 12 aromatic rings. The number of hydrogen-bond donors (Lipinski definition) is 0. The lowest BCUT2D eigenvalue weighted by Crippen LogP contribution is -2.32. The second-order valence-electron chi connectivity index (χ2n) is 29.0. The molecule has 15 heteroatoms. The number of pyridine rings is 3. The number of fused-ring (bicyclic) bond motifs is 3. The average Bonchev–Trinajstić information content (AvgIpc) is 0.768. The van der Waals surface area contributed by atoms with E-state index >= 15 is 13.2 Å². The Morgan fingerprint density at radius 2 is 0.653 bits per heavy atom. The van der Waals surface area contributed by atoms with Crippen LogP contribution in [-0.4, -0.2) is 44.9 Å². The fourth-order valence-electron chi connectivity index (χ4n) is 12.4. The van der Waals surface area contributed by atoms with Crippen molar-refractivity contribution >= 4 is 32.3 Å². The highest BCUT2D eigenvalue weighted by Gasteiger charge is 2.29. The predicted molar refractivity (Wildman–Crippen MR) is 390 cm³/mol. The van der Waals surface area contributed by atoms with Gasteiger partial charge in [-0.1, -0.05) is 189 Å². The van der Waals surface area contributed by atoms with Crippen LogP contribution in [0.3, 0.4) is 0 Å². The molecule has 504 valence electrons. The molecule has 98 heavy (non-hydrogen) atoms. The fraction of sp³-hybridized carbons (Fsp3) is 0.349. The van der Waals surface area contributed by atoms with Crippen LogP contribution in [0.2, 0.25) is 0 Å².